The number of nitriles is 1. The minimum Gasteiger partial charge on any atom is -0.490 e. The molecule has 0 aliphatic rings. The Morgan fingerprint density at radius 3 is 2.56 bits per heavy atom. The van der Waals surface area contributed by atoms with Crippen molar-refractivity contribution >= 4 is 29.0 Å². The number of carbonyl (C=O) groups is 2. The van der Waals surface area contributed by atoms with Gasteiger partial charge in [-0.2, -0.15) is 5.26 Å². The molecule has 0 spiro atoms. The molecular weight excluding hydrogens is 414 g/mol. The zero-order valence-corrected chi connectivity index (χ0v) is 17.4. The third kappa shape index (κ3) is 5.02. The Kier molecular flexibility index (Phi) is 7.03. The van der Waals surface area contributed by atoms with E-state index >= 15 is 0 Å². The van der Waals surface area contributed by atoms with Crippen LogP contribution in [0.2, 0.25) is 0 Å². The lowest BCUT2D eigenvalue weighted by Crippen LogP contribution is -2.19. The third-order valence-corrected chi connectivity index (χ3v) is 4.26. The van der Waals surface area contributed by atoms with Crippen molar-refractivity contribution in [2.45, 2.75) is 13.8 Å². The van der Waals surface area contributed by atoms with E-state index in [0.29, 0.717) is 16.5 Å². The number of hydrogen-bond donors (Lipinski definition) is 0. The van der Waals surface area contributed by atoms with Gasteiger partial charge in [-0.25, -0.2) is 14.4 Å². The maximum Gasteiger partial charge on any atom is 0.351 e. The highest BCUT2D eigenvalue weighted by Crippen LogP contribution is 2.30. The molecule has 162 valence electrons. The lowest BCUT2D eigenvalue weighted by atomic mass is 10.1. The lowest BCUT2D eigenvalue weighted by Gasteiger charge is -2.11. The van der Waals surface area contributed by atoms with Gasteiger partial charge in [-0.15, -0.1) is 0 Å². The number of rotatable bonds is 7. The van der Waals surface area contributed by atoms with Crippen LogP contribution in [0.5, 0.6) is 11.5 Å². The molecule has 1 aromatic heterocycles. The Balaban J connectivity index is 1.92. The SMILES string of the molecule is CCOC(=O)C(C#N)=Cc1ccc(OC(=O)c2cc3ccccc3oc2=O)c(OCC)c1. The molecule has 0 bridgehead atoms. The molecule has 0 unspecified atom stereocenters. The quantitative estimate of drug-likeness (QED) is 0.181. The van der Waals surface area contributed by atoms with Crippen molar-refractivity contribution in [3.63, 3.8) is 0 Å². The Bertz CT molecular complexity index is 1300. The number of ether oxygens (including phenoxy) is 3. The van der Waals surface area contributed by atoms with E-state index in [0.717, 1.165) is 0 Å². The highest BCUT2D eigenvalue weighted by Gasteiger charge is 2.19. The fourth-order valence-electron chi connectivity index (χ4n) is 2.84. The molecule has 0 radical (unpaired) electrons. The second kappa shape index (κ2) is 10.1. The van der Waals surface area contributed by atoms with Gasteiger partial charge in [0.1, 0.15) is 22.8 Å². The van der Waals surface area contributed by atoms with Gasteiger partial charge < -0.3 is 18.6 Å². The van der Waals surface area contributed by atoms with Gasteiger partial charge in [0.25, 0.3) is 0 Å². The molecule has 8 heteroatoms. The number of hydrogen-bond acceptors (Lipinski definition) is 8. The number of fused-ring (bicyclic) bond motifs is 1. The summed E-state index contributed by atoms with van der Waals surface area (Å²) in [6.45, 7) is 3.78. The van der Waals surface area contributed by atoms with Crippen LogP contribution in [-0.2, 0) is 9.53 Å². The van der Waals surface area contributed by atoms with E-state index in [1.165, 1.54) is 30.3 Å². The van der Waals surface area contributed by atoms with Crippen LogP contribution in [0, 0.1) is 11.3 Å². The molecule has 1 heterocycles. The molecule has 2 aromatic carbocycles. The van der Waals surface area contributed by atoms with Crippen molar-refractivity contribution in [1.82, 2.24) is 0 Å². The van der Waals surface area contributed by atoms with Crippen molar-refractivity contribution in [3.8, 4) is 17.6 Å². The maximum atomic E-state index is 12.7. The second-order valence-corrected chi connectivity index (χ2v) is 6.40. The summed E-state index contributed by atoms with van der Waals surface area (Å²) in [5.74, 6) is -1.39. The summed E-state index contributed by atoms with van der Waals surface area (Å²) in [5.41, 5.74) is -0.450. The Morgan fingerprint density at radius 2 is 1.84 bits per heavy atom. The Hall–Kier alpha value is -4.38. The van der Waals surface area contributed by atoms with Crippen LogP contribution in [0.4, 0.5) is 0 Å². The first-order valence-electron chi connectivity index (χ1n) is 9.77. The van der Waals surface area contributed by atoms with Gasteiger partial charge >= 0.3 is 17.6 Å². The molecule has 0 N–H and O–H groups in total. The zero-order chi connectivity index (χ0) is 23.1. The fraction of sp³-hybridized carbons (Fsp3) is 0.167. The number of para-hydroxylation sites is 1. The molecule has 3 aromatic rings. The van der Waals surface area contributed by atoms with E-state index < -0.39 is 17.6 Å². The molecule has 32 heavy (non-hydrogen) atoms. The predicted molar refractivity (Wildman–Crippen MR) is 115 cm³/mol. The monoisotopic (exact) mass is 433 g/mol. The predicted octanol–water partition coefficient (Wildman–Crippen LogP) is 3.88. The highest BCUT2D eigenvalue weighted by molar-refractivity contribution is 5.98. The third-order valence-electron chi connectivity index (χ3n) is 4.26. The van der Waals surface area contributed by atoms with Gasteiger partial charge in [-0.3, -0.25) is 0 Å². The minimum absolute atomic E-state index is 0.0659. The number of benzene rings is 2. The molecular formula is C24H19NO7. The van der Waals surface area contributed by atoms with Crippen LogP contribution in [0.25, 0.3) is 17.0 Å². The van der Waals surface area contributed by atoms with Gasteiger partial charge in [0, 0.05) is 5.39 Å². The molecule has 0 atom stereocenters. The first-order valence-corrected chi connectivity index (χ1v) is 9.77. The van der Waals surface area contributed by atoms with Gasteiger partial charge in [0.05, 0.1) is 13.2 Å². The van der Waals surface area contributed by atoms with E-state index in [9.17, 15) is 19.6 Å². The maximum absolute atomic E-state index is 12.7. The second-order valence-electron chi connectivity index (χ2n) is 6.40. The largest absolute Gasteiger partial charge is 0.490 e. The molecule has 0 aliphatic heterocycles. The van der Waals surface area contributed by atoms with E-state index in [1.807, 2.05) is 0 Å². The summed E-state index contributed by atoms with van der Waals surface area (Å²) < 4.78 is 20.9. The summed E-state index contributed by atoms with van der Waals surface area (Å²) in [4.78, 5) is 36.7. The van der Waals surface area contributed by atoms with Crippen LogP contribution in [0.3, 0.4) is 0 Å². The van der Waals surface area contributed by atoms with E-state index in [2.05, 4.69) is 0 Å². The normalized spacial score (nSPS) is 11.0. The topological polar surface area (TPSA) is 116 Å². The van der Waals surface area contributed by atoms with E-state index in [4.69, 9.17) is 18.6 Å². The average Bonchev–Trinajstić information content (AvgIpc) is 2.78. The van der Waals surface area contributed by atoms with Crippen molar-refractivity contribution in [3.05, 3.63) is 75.7 Å². The Labute approximate surface area is 183 Å². The summed E-state index contributed by atoms with van der Waals surface area (Å²) in [7, 11) is 0. The lowest BCUT2D eigenvalue weighted by molar-refractivity contribution is -0.137. The van der Waals surface area contributed by atoms with Gasteiger partial charge in [0.2, 0.25) is 0 Å². The summed E-state index contributed by atoms with van der Waals surface area (Å²) >= 11 is 0. The molecule has 3 rings (SSSR count). The van der Waals surface area contributed by atoms with Crippen LogP contribution < -0.4 is 15.1 Å². The van der Waals surface area contributed by atoms with Crippen LogP contribution in [-0.4, -0.2) is 25.2 Å². The summed E-state index contributed by atoms with van der Waals surface area (Å²) in [5, 5.41) is 9.78. The smallest absolute Gasteiger partial charge is 0.351 e. The first kappa shape index (κ1) is 22.3. The van der Waals surface area contributed by atoms with E-state index in [-0.39, 0.29) is 35.8 Å². The standard InChI is InChI=1S/C24H19NO7/c1-3-29-21-12-15(11-17(14-25)22(26)30-4-2)9-10-20(21)32-24(28)18-13-16-7-5-6-8-19(16)31-23(18)27/h5-13H,3-4H2,1-2H3. The number of esters is 2. The van der Waals surface area contributed by atoms with E-state index in [1.54, 1.807) is 44.2 Å². The molecule has 0 fully saturated rings. The summed E-state index contributed by atoms with van der Waals surface area (Å²) in [6, 6.07) is 14.5. The minimum atomic E-state index is -0.905. The van der Waals surface area contributed by atoms with Crippen molar-refractivity contribution in [2.75, 3.05) is 13.2 Å². The molecule has 0 aliphatic carbocycles. The van der Waals surface area contributed by atoms with Gasteiger partial charge in [0.15, 0.2) is 11.5 Å². The number of nitrogens with zero attached hydrogens (tertiary/aromatic N) is 1. The first-order chi connectivity index (χ1) is 15.5. The highest BCUT2D eigenvalue weighted by atomic mass is 16.6. The van der Waals surface area contributed by atoms with Crippen LogP contribution in [0.1, 0.15) is 29.8 Å². The van der Waals surface area contributed by atoms with Crippen molar-refractivity contribution < 1.29 is 28.2 Å². The number of carbonyl (C=O) groups excluding carboxylic acids is 2. The van der Waals surface area contributed by atoms with Crippen molar-refractivity contribution in [1.29, 1.82) is 5.26 Å². The Morgan fingerprint density at radius 1 is 1.06 bits per heavy atom. The molecule has 0 amide bonds. The zero-order valence-electron chi connectivity index (χ0n) is 17.4. The van der Waals surface area contributed by atoms with Gasteiger partial charge in [-0.1, -0.05) is 24.3 Å². The van der Waals surface area contributed by atoms with Crippen LogP contribution in [0.15, 0.2) is 63.3 Å². The molecule has 0 saturated carbocycles. The van der Waals surface area contributed by atoms with Crippen molar-refractivity contribution in [2.24, 2.45) is 0 Å². The molecule has 0 saturated heterocycles. The van der Waals surface area contributed by atoms with Crippen LogP contribution >= 0.6 is 0 Å². The van der Waals surface area contributed by atoms with Gasteiger partial charge in [-0.05, 0) is 49.8 Å². The molecule has 8 nitrogen and oxygen atoms in total. The summed E-state index contributed by atoms with van der Waals surface area (Å²) in [6.07, 6.45) is 1.34. The fourth-order valence-corrected chi connectivity index (χ4v) is 2.84. The average molecular weight is 433 g/mol.